The summed E-state index contributed by atoms with van der Waals surface area (Å²) in [6, 6.07) is 3.30. The molecular formula is C10H9ClFNO4. The molecule has 0 radical (unpaired) electrons. The van der Waals surface area contributed by atoms with Gasteiger partial charge in [-0.2, -0.15) is 4.39 Å². The molecule has 0 amide bonds. The lowest BCUT2D eigenvalue weighted by Crippen LogP contribution is -2.21. The molecule has 0 saturated heterocycles. The number of alkyl halides is 1. The summed E-state index contributed by atoms with van der Waals surface area (Å²) in [5.41, 5.74) is -0.565. The summed E-state index contributed by atoms with van der Waals surface area (Å²) in [6.45, 7) is 2.22. The van der Waals surface area contributed by atoms with Crippen molar-refractivity contribution in [3.05, 3.63) is 33.9 Å². The summed E-state index contributed by atoms with van der Waals surface area (Å²) in [5.74, 6) is -2.32. The van der Waals surface area contributed by atoms with Crippen LogP contribution in [0.15, 0.2) is 18.2 Å². The Kier molecular flexibility index (Phi) is 3.67. The maximum absolute atomic E-state index is 13.2. The lowest BCUT2D eigenvalue weighted by molar-refractivity contribution is -0.386. The summed E-state index contributed by atoms with van der Waals surface area (Å²) < 4.78 is 18.0. The summed E-state index contributed by atoms with van der Waals surface area (Å²) >= 11 is 5.19. The molecule has 5 nitrogen and oxygen atoms in total. The number of nitro groups is 1. The van der Waals surface area contributed by atoms with Gasteiger partial charge in [0.25, 0.3) is 5.24 Å². The predicted octanol–water partition coefficient (Wildman–Crippen LogP) is 3.06. The molecule has 92 valence electrons. The van der Waals surface area contributed by atoms with Gasteiger partial charge in [-0.25, -0.2) is 0 Å². The van der Waals surface area contributed by atoms with Crippen LogP contribution in [0.2, 0.25) is 0 Å². The Morgan fingerprint density at radius 1 is 1.53 bits per heavy atom. The second kappa shape index (κ2) is 4.67. The molecule has 1 aromatic carbocycles. The van der Waals surface area contributed by atoms with E-state index in [1.807, 2.05) is 0 Å². The molecule has 0 fully saturated rings. The van der Waals surface area contributed by atoms with E-state index in [4.69, 9.17) is 16.3 Å². The highest BCUT2D eigenvalue weighted by atomic mass is 35.5. The Bertz CT molecular complexity index is 470. The zero-order chi connectivity index (χ0) is 13.2. The first kappa shape index (κ1) is 13.4. The number of benzene rings is 1. The first-order valence-corrected chi connectivity index (χ1v) is 4.95. The zero-order valence-electron chi connectivity index (χ0n) is 9.07. The summed E-state index contributed by atoms with van der Waals surface area (Å²) in [4.78, 5) is 20.8. The highest BCUT2D eigenvalue weighted by Crippen LogP contribution is 2.31. The van der Waals surface area contributed by atoms with Crippen LogP contribution in [0.1, 0.15) is 24.2 Å². The van der Waals surface area contributed by atoms with Crippen LogP contribution in [-0.4, -0.2) is 16.0 Å². The van der Waals surface area contributed by atoms with Crippen molar-refractivity contribution in [2.75, 3.05) is 0 Å². The number of ether oxygens (including phenoxy) is 1. The fraction of sp³-hybridized carbons (Fsp3) is 0.300. The van der Waals surface area contributed by atoms with Gasteiger partial charge in [0, 0.05) is 25.5 Å². The quantitative estimate of drug-likeness (QED) is 0.474. The number of rotatable bonds is 4. The van der Waals surface area contributed by atoms with Gasteiger partial charge in [-0.3, -0.25) is 14.9 Å². The Balaban J connectivity index is 3.23. The van der Waals surface area contributed by atoms with Crippen molar-refractivity contribution >= 4 is 22.5 Å². The number of hydrogen-bond acceptors (Lipinski definition) is 4. The maximum Gasteiger partial charge on any atom is 0.311 e. The van der Waals surface area contributed by atoms with E-state index < -0.39 is 21.7 Å². The molecule has 0 aliphatic rings. The van der Waals surface area contributed by atoms with Gasteiger partial charge in [0.1, 0.15) is 0 Å². The van der Waals surface area contributed by atoms with Crippen molar-refractivity contribution in [1.29, 1.82) is 0 Å². The van der Waals surface area contributed by atoms with Crippen LogP contribution in [-0.2, 0) is 0 Å². The van der Waals surface area contributed by atoms with Gasteiger partial charge in [0.15, 0.2) is 0 Å². The molecule has 0 aromatic heterocycles. The number of nitro benzene ring substituents is 1. The van der Waals surface area contributed by atoms with E-state index in [0.717, 1.165) is 26.0 Å². The molecule has 0 unspecified atom stereocenters. The topological polar surface area (TPSA) is 69.4 Å². The number of hydrogen-bond donors (Lipinski definition) is 0. The number of carbonyl (C=O) groups excluding carboxylic acids is 1. The van der Waals surface area contributed by atoms with Crippen molar-refractivity contribution in [2.24, 2.45) is 0 Å². The highest BCUT2D eigenvalue weighted by molar-refractivity contribution is 6.67. The monoisotopic (exact) mass is 261 g/mol. The standard InChI is InChI=1S/C10H9ClFNO4/c1-10(2,12)17-8-4-3-6(9(11)14)5-7(8)13(15)16/h3-5H,1-2H3. The van der Waals surface area contributed by atoms with Crippen molar-refractivity contribution in [3.63, 3.8) is 0 Å². The molecule has 0 aliphatic heterocycles. The van der Waals surface area contributed by atoms with Crippen molar-refractivity contribution in [2.45, 2.75) is 19.7 Å². The van der Waals surface area contributed by atoms with Gasteiger partial charge in [-0.1, -0.05) is 0 Å². The van der Waals surface area contributed by atoms with E-state index in [0.29, 0.717) is 0 Å². The average molecular weight is 262 g/mol. The SMILES string of the molecule is CC(C)(F)Oc1ccc(C(=O)Cl)cc1[N+](=O)[O-]. The van der Waals surface area contributed by atoms with E-state index in [9.17, 15) is 19.3 Å². The van der Waals surface area contributed by atoms with Crippen LogP contribution in [0.25, 0.3) is 0 Å². The Morgan fingerprint density at radius 3 is 2.53 bits per heavy atom. The summed E-state index contributed by atoms with van der Waals surface area (Å²) in [7, 11) is 0. The zero-order valence-corrected chi connectivity index (χ0v) is 9.82. The molecular weight excluding hydrogens is 253 g/mol. The maximum atomic E-state index is 13.2. The first-order chi connectivity index (χ1) is 7.70. The van der Waals surface area contributed by atoms with E-state index in [1.165, 1.54) is 6.07 Å². The normalized spacial score (nSPS) is 11.1. The minimum atomic E-state index is -2.06. The van der Waals surface area contributed by atoms with Crippen molar-refractivity contribution < 1.29 is 18.8 Å². The molecule has 1 rings (SSSR count). The van der Waals surface area contributed by atoms with Crippen molar-refractivity contribution in [1.82, 2.24) is 0 Å². The van der Waals surface area contributed by atoms with Gasteiger partial charge < -0.3 is 4.74 Å². The first-order valence-electron chi connectivity index (χ1n) is 4.57. The van der Waals surface area contributed by atoms with Crippen LogP contribution in [0.5, 0.6) is 5.75 Å². The lowest BCUT2D eigenvalue weighted by Gasteiger charge is -2.16. The van der Waals surface area contributed by atoms with Gasteiger partial charge in [-0.05, 0) is 23.7 Å². The predicted molar refractivity (Wildman–Crippen MR) is 59.1 cm³/mol. The van der Waals surface area contributed by atoms with Gasteiger partial charge in [0.2, 0.25) is 11.6 Å². The third-order valence-electron chi connectivity index (χ3n) is 1.74. The van der Waals surface area contributed by atoms with Crippen LogP contribution >= 0.6 is 11.6 Å². The van der Waals surface area contributed by atoms with Gasteiger partial charge >= 0.3 is 5.69 Å². The molecule has 7 heteroatoms. The smallest absolute Gasteiger partial charge is 0.311 e. The fourth-order valence-electron chi connectivity index (χ4n) is 1.13. The third-order valence-corrected chi connectivity index (χ3v) is 1.95. The molecule has 17 heavy (non-hydrogen) atoms. The average Bonchev–Trinajstić information content (AvgIpc) is 2.14. The van der Waals surface area contributed by atoms with Gasteiger partial charge in [-0.15, -0.1) is 0 Å². The largest absolute Gasteiger partial charge is 0.451 e. The number of carbonyl (C=O) groups is 1. The minimum absolute atomic E-state index is 0.0534. The molecule has 0 heterocycles. The minimum Gasteiger partial charge on any atom is -0.451 e. The fourth-order valence-corrected chi connectivity index (χ4v) is 1.25. The lowest BCUT2D eigenvalue weighted by atomic mass is 10.2. The Morgan fingerprint density at radius 2 is 2.12 bits per heavy atom. The molecule has 0 saturated carbocycles. The van der Waals surface area contributed by atoms with E-state index in [2.05, 4.69) is 0 Å². The van der Waals surface area contributed by atoms with Crippen LogP contribution < -0.4 is 4.74 Å². The van der Waals surface area contributed by atoms with E-state index in [1.54, 1.807) is 0 Å². The highest BCUT2D eigenvalue weighted by Gasteiger charge is 2.24. The van der Waals surface area contributed by atoms with Crippen molar-refractivity contribution in [3.8, 4) is 5.75 Å². The second-order valence-electron chi connectivity index (χ2n) is 3.68. The molecule has 0 aliphatic carbocycles. The summed E-state index contributed by atoms with van der Waals surface area (Å²) in [6.07, 6.45) is 0. The molecule has 0 bridgehead atoms. The molecule has 0 N–H and O–H groups in total. The van der Waals surface area contributed by atoms with E-state index >= 15 is 0 Å². The number of halogens is 2. The molecule has 1 aromatic rings. The second-order valence-corrected chi connectivity index (χ2v) is 4.02. The van der Waals surface area contributed by atoms with Crippen LogP contribution in [0.4, 0.5) is 10.1 Å². The number of nitrogens with zero attached hydrogens (tertiary/aromatic N) is 1. The van der Waals surface area contributed by atoms with Gasteiger partial charge in [0.05, 0.1) is 4.92 Å². The molecule has 0 spiro atoms. The summed E-state index contributed by atoms with van der Waals surface area (Å²) in [5, 5.41) is 9.90. The Hall–Kier alpha value is -1.69. The Labute approximate surface area is 101 Å². The molecule has 0 atom stereocenters. The van der Waals surface area contributed by atoms with Crippen LogP contribution in [0, 0.1) is 10.1 Å². The third kappa shape index (κ3) is 3.67. The van der Waals surface area contributed by atoms with E-state index in [-0.39, 0.29) is 11.3 Å². The van der Waals surface area contributed by atoms with Crippen LogP contribution in [0.3, 0.4) is 0 Å².